The van der Waals surface area contributed by atoms with Gasteiger partial charge in [-0.25, -0.2) is 9.07 Å². The number of halogens is 6. The summed E-state index contributed by atoms with van der Waals surface area (Å²) in [6.45, 7) is 1.35. The van der Waals surface area contributed by atoms with Gasteiger partial charge in [0.15, 0.2) is 11.6 Å². The summed E-state index contributed by atoms with van der Waals surface area (Å²) in [7, 11) is 0. The van der Waals surface area contributed by atoms with E-state index in [1.807, 2.05) is 0 Å². The maximum Gasteiger partial charge on any atom is 0.426 e. The fourth-order valence-corrected chi connectivity index (χ4v) is 3.21. The fraction of sp³-hybridized carbons (Fsp3) is 0.500. The SMILES string of the molecule is Cc1c(F)nc(-n2ccc(C3CCN(C(=O)C(C)(O)C(F)(F)F)CC3)n2)c(F)c1F. The Morgan fingerprint density at radius 1 is 1.17 bits per heavy atom. The van der Waals surface area contributed by atoms with E-state index >= 15 is 0 Å². The summed E-state index contributed by atoms with van der Waals surface area (Å²) in [5.41, 5.74) is -3.63. The van der Waals surface area contributed by atoms with Crippen LogP contribution in [0.1, 0.15) is 36.9 Å². The van der Waals surface area contributed by atoms with Crippen molar-refractivity contribution >= 4 is 5.91 Å². The number of likely N-dealkylation sites (tertiary alicyclic amines) is 1. The Bertz CT molecular complexity index is 964. The van der Waals surface area contributed by atoms with Crippen LogP contribution in [-0.4, -0.2) is 55.5 Å². The van der Waals surface area contributed by atoms with E-state index in [-0.39, 0.29) is 31.8 Å². The quantitative estimate of drug-likeness (QED) is 0.593. The minimum absolute atomic E-state index is 0.0526. The van der Waals surface area contributed by atoms with E-state index < -0.39 is 46.6 Å². The molecule has 0 saturated carbocycles. The maximum absolute atomic E-state index is 14.1. The average Bonchev–Trinajstić information content (AvgIpc) is 3.17. The van der Waals surface area contributed by atoms with Crippen LogP contribution in [-0.2, 0) is 4.79 Å². The van der Waals surface area contributed by atoms with Crippen LogP contribution in [0.2, 0.25) is 0 Å². The van der Waals surface area contributed by atoms with E-state index in [0.717, 1.165) is 16.5 Å². The first-order chi connectivity index (χ1) is 13.8. The van der Waals surface area contributed by atoms with Gasteiger partial charge in [-0.05, 0) is 32.8 Å². The lowest BCUT2D eigenvalue weighted by atomic mass is 9.92. The predicted octanol–water partition coefficient (Wildman–Crippen LogP) is 3.01. The first-order valence-electron chi connectivity index (χ1n) is 9.00. The summed E-state index contributed by atoms with van der Waals surface area (Å²) in [4.78, 5) is 16.3. The minimum atomic E-state index is -5.10. The molecule has 0 radical (unpaired) electrons. The topological polar surface area (TPSA) is 71.2 Å². The summed E-state index contributed by atoms with van der Waals surface area (Å²) in [5.74, 6) is -6.29. The van der Waals surface area contributed by atoms with E-state index in [1.165, 1.54) is 12.3 Å². The second-order valence-corrected chi connectivity index (χ2v) is 7.30. The Morgan fingerprint density at radius 2 is 1.77 bits per heavy atom. The number of amides is 1. The van der Waals surface area contributed by atoms with Gasteiger partial charge in [-0.1, -0.05) is 0 Å². The molecule has 164 valence electrons. The van der Waals surface area contributed by atoms with Crippen molar-refractivity contribution in [2.24, 2.45) is 0 Å². The van der Waals surface area contributed by atoms with Crippen molar-refractivity contribution in [3.63, 3.8) is 0 Å². The Kier molecular flexibility index (Phi) is 5.56. The smallest absolute Gasteiger partial charge is 0.373 e. The monoisotopic (exact) mass is 436 g/mol. The highest BCUT2D eigenvalue weighted by atomic mass is 19.4. The van der Waals surface area contributed by atoms with Crippen molar-refractivity contribution in [2.45, 2.75) is 44.4 Å². The van der Waals surface area contributed by atoms with Gasteiger partial charge in [0.2, 0.25) is 17.4 Å². The number of pyridine rings is 1. The number of rotatable bonds is 3. The molecule has 1 fully saturated rings. The lowest BCUT2D eigenvalue weighted by Gasteiger charge is -2.36. The number of alkyl halides is 3. The van der Waals surface area contributed by atoms with Gasteiger partial charge in [-0.3, -0.25) is 4.79 Å². The molecular weight excluding hydrogens is 418 g/mol. The van der Waals surface area contributed by atoms with E-state index in [1.54, 1.807) is 0 Å². The van der Waals surface area contributed by atoms with E-state index in [9.17, 15) is 36.2 Å². The molecule has 1 unspecified atom stereocenters. The molecule has 1 aliphatic heterocycles. The van der Waals surface area contributed by atoms with Crippen LogP contribution >= 0.6 is 0 Å². The molecule has 12 heteroatoms. The van der Waals surface area contributed by atoms with Crippen LogP contribution in [0.4, 0.5) is 26.3 Å². The second-order valence-electron chi connectivity index (χ2n) is 7.30. The molecule has 3 rings (SSSR count). The molecule has 3 heterocycles. The standard InChI is InChI=1S/C18H18F6N4O2/c1-9-12(19)13(20)15(25-14(9)21)28-8-5-11(26-28)10-3-6-27(7-4-10)16(29)17(2,30)18(22,23)24/h5,8,10,30H,3-4,6-7H2,1-2H3. The molecule has 1 aliphatic rings. The summed E-state index contributed by atoms with van der Waals surface area (Å²) in [6.07, 6.45) is -3.36. The molecule has 0 spiro atoms. The fourth-order valence-electron chi connectivity index (χ4n) is 3.21. The Balaban J connectivity index is 1.73. The number of piperidine rings is 1. The van der Waals surface area contributed by atoms with Crippen molar-refractivity contribution in [1.82, 2.24) is 19.7 Å². The highest BCUT2D eigenvalue weighted by molar-refractivity contribution is 5.85. The summed E-state index contributed by atoms with van der Waals surface area (Å²) >= 11 is 0. The van der Waals surface area contributed by atoms with Crippen LogP contribution in [0.5, 0.6) is 0 Å². The van der Waals surface area contributed by atoms with Crippen LogP contribution in [0.3, 0.4) is 0 Å². The maximum atomic E-state index is 14.1. The van der Waals surface area contributed by atoms with Crippen molar-refractivity contribution in [2.75, 3.05) is 13.1 Å². The molecule has 2 aromatic rings. The third kappa shape index (κ3) is 3.75. The van der Waals surface area contributed by atoms with Gasteiger partial charge >= 0.3 is 6.18 Å². The molecule has 0 bridgehead atoms. The number of carbonyl (C=O) groups is 1. The Labute approximate surface area is 167 Å². The lowest BCUT2D eigenvalue weighted by Crippen LogP contribution is -2.57. The zero-order chi connectivity index (χ0) is 22.4. The third-order valence-electron chi connectivity index (χ3n) is 5.23. The Hall–Kier alpha value is -2.63. The molecule has 1 atom stereocenters. The highest BCUT2D eigenvalue weighted by Crippen LogP contribution is 2.34. The largest absolute Gasteiger partial charge is 0.426 e. The van der Waals surface area contributed by atoms with Crippen molar-refractivity contribution in [3.05, 3.63) is 41.1 Å². The van der Waals surface area contributed by atoms with Crippen LogP contribution in [0.15, 0.2) is 12.3 Å². The zero-order valence-corrected chi connectivity index (χ0v) is 16.0. The van der Waals surface area contributed by atoms with Crippen LogP contribution < -0.4 is 0 Å². The van der Waals surface area contributed by atoms with Gasteiger partial charge in [0.05, 0.1) is 5.69 Å². The van der Waals surface area contributed by atoms with Gasteiger partial charge in [-0.2, -0.15) is 32.0 Å². The summed E-state index contributed by atoms with van der Waals surface area (Å²) < 4.78 is 81.0. The van der Waals surface area contributed by atoms with Gasteiger partial charge in [-0.15, -0.1) is 0 Å². The number of aliphatic hydroxyl groups is 1. The van der Waals surface area contributed by atoms with Crippen molar-refractivity contribution < 1.29 is 36.2 Å². The molecule has 1 amide bonds. The molecule has 1 saturated heterocycles. The average molecular weight is 436 g/mol. The molecule has 0 aromatic carbocycles. The normalized spacial score (nSPS) is 17.8. The number of hydrogen-bond acceptors (Lipinski definition) is 4. The third-order valence-corrected chi connectivity index (χ3v) is 5.23. The van der Waals surface area contributed by atoms with E-state index in [2.05, 4.69) is 10.1 Å². The van der Waals surface area contributed by atoms with Crippen molar-refractivity contribution in [1.29, 1.82) is 0 Å². The van der Waals surface area contributed by atoms with Crippen LogP contribution in [0, 0.1) is 24.5 Å². The van der Waals surface area contributed by atoms with Gasteiger partial charge in [0, 0.05) is 30.8 Å². The van der Waals surface area contributed by atoms with Crippen LogP contribution in [0.25, 0.3) is 5.82 Å². The van der Waals surface area contributed by atoms with E-state index in [0.29, 0.717) is 12.6 Å². The summed E-state index contributed by atoms with van der Waals surface area (Å²) in [5, 5.41) is 13.6. The highest BCUT2D eigenvalue weighted by Gasteiger charge is 2.57. The van der Waals surface area contributed by atoms with E-state index in [4.69, 9.17) is 0 Å². The minimum Gasteiger partial charge on any atom is -0.373 e. The lowest BCUT2D eigenvalue weighted by molar-refractivity contribution is -0.250. The zero-order valence-electron chi connectivity index (χ0n) is 16.0. The van der Waals surface area contributed by atoms with Gasteiger partial charge in [0.25, 0.3) is 5.91 Å². The second kappa shape index (κ2) is 7.56. The van der Waals surface area contributed by atoms with Gasteiger partial charge in [0.1, 0.15) is 0 Å². The molecular formula is C18H18F6N4O2. The van der Waals surface area contributed by atoms with Crippen molar-refractivity contribution in [3.8, 4) is 5.82 Å². The van der Waals surface area contributed by atoms with Gasteiger partial charge < -0.3 is 10.0 Å². The number of hydrogen-bond donors (Lipinski definition) is 1. The molecule has 6 nitrogen and oxygen atoms in total. The summed E-state index contributed by atoms with van der Waals surface area (Å²) in [6, 6.07) is 1.48. The number of aromatic nitrogens is 3. The Morgan fingerprint density at radius 3 is 2.33 bits per heavy atom. The molecule has 30 heavy (non-hydrogen) atoms. The number of nitrogens with zero attached hydrogens (tertiary/aromatic N) is 4. The molecule has 1 N–H and O–H groups in total. The first-order valence-corrected chi connectivity index (χ1v) is 9.00. The first kappa shape index (κ1) is 22.1. The number of carbonyl (C=O) groups excluding carboxylic acids is 1. The predicted molar refractivity (Wildman–Crippen MR) is 91.2 cm³/mol. The molecule has 0 aliphatic carbocycles. The molecule has 2 aromatic heterocycles.